The van der Waals surface area contributed by atoms with Crippen LogP contribution < -0.4 is 5.32 Å². The molecule has 1 atom stereocenters. The Balaban J connectivity index is 2.54. The van der Waals surface area contributed by atoms with Gasteiger partial charge in [0.1, 0.15) is 0 Å². The van der Waals surface area contributed by atoms with Crippen LogP contribution in [0.5, 0.6) is 0 Å². The molecule has 1 aliphatic rings. The second-order valence-electron chi connectivity index (χ2n) is 4.25. The molecule has 1 fully saturated rings. The van der Waals surface area contributed by atoms with Crippen LogP contribution in [-0.2, 0) is 4.79 Å². The number of piperidine rings is 1. The van der Waals surface area contributed by atoms with Gasteiger partial charge in [-0.1, -0.05) is 13.8 Å². The lowest BCUT2D eigenvalue weighted by Gasteiger charge is -2.38. The van der Waals surface area contributed by atoms with Crippen LogP contribution in [0.4, 0.5) is 0 Å². The Morgan fingerprint density at radius 1 is 1.67 bits per heavy atom. The summed E-state index contributed by atoms with van der Waals surface area (Å²) in [6.07, 6.45) is 1.30. The van der Waals surface area contributed by atoms with E-state index < -0.39 is 5.97 Å². The molecule has 0 saturated carbocycles. The van der Waals surface area contributed by atoms with Crippen molar-refractivity contribution in [2.45, 2.75) is 26.7 Å². The van der Waals surface area contributed by atoms with Crippen molar-refractivity contribution in [3.05, 3.63) is 0 Å². The lowest BCUT2D eigenvalue weighted by atomic mass is 9.73. The van der Waals surface area contributed by atoms with Crippen LogP contribution in [0.2, 0.25) is 0 Å². The molecule has 0 unspecified atom stereocenters. The number of aliphatic carboxylic acids is 1. The van der Waals surface area contributed by atoms with Gasteiger partial charge >= 0.3 is 5.97 Å². The first-order chi connectivity index (χ1) is 5.52. The maximum Gasteiger partial charge on any atom is 0.303 e. The molecule has 2 N–H and O–H groups in total. The van der Waals surface area contributed by atoms with Crippen molar-refractivity contribution in [2.75, 3.05) is 13.1 Å². The van der Waals surface area contributed by atoms with Gasteiger partial charge in [-0.05, 0) is 24.3 Å². The minimum atomic E-state index is -0.671. The van der Waals surface area contributed by atoms with E-state index in [0.29, 0.717) is 12.3 Å². The molecule has 0 aromatic carbocycles. The highest BCUT2D eigenvalue weighted by Gasteiger charge is 2.33. The van der Waals surface area contributed by atoms with E-state index in [9.17, 15) is 4.79 Å². The summed E-state index contributed by atoms with van der Waals surface area (Å²) in [5.74, 6) is -0.341. The van der Waals surface area contributed by atoms with E-state index in [2.05, 4.69) is 19.2 Å². The van der Waals surface area contributed by atoms with Crippen molar-refractivity contribution < 1.29 is 9.90 Å². The Hall–Kier alpha value is -0.570. The first kappa shape index (κ1) is 9.52. The van der Waals surface area contributed by atoms with E-state index in [1.807, 2.05) is 0 Å². The van der Waals surface area contributed by atoms with E-state index in [-0.39, 0.29) is 5.41 Å². The van der Waals surface area contributed by atoms with Gasteiger partial charge in [0.25, 0.3) is 0 Å². The highest BCUT2D eigenvalue weighted by molar-refractivity contribution is 5.67. The predicted molar refractivity (Wildman–Crippen MR) is 47.0 cm³/mol. The number of nitrogens with one attached hydrogen (secondary N) is 1. The van der Waals surface area contributed by atoms with Crippen molar-refractivity contribution in [3.8, 4) is 0 Å². The zero-order chi connectivity index (χ0) is 9.19. The summed E-state index contributed by atoms with van der Waals surface area (Å²) in [4.78, 5) is 10.5. The summed E-state index contributed by atoms with van der Waals surface area (Å²) in [7, 11) is 0. The molecule has 1 rings (SSSR count). The molecule has 1 aliphatic heterocycles. The fraction of sp³-hybridized carbons (Fsp3) is 0.889. The molecule has 0 aliphatic carbocycles. The summed E-state index contributed by atoms with van der Waals surface area (Å²) in [6.45, 7) is 6.16. The number of hydrogen-bond acceptors (Lipinski definition) is 2. The fourth-order valence-corrected chi connectivity index (χ4v) is 1.81. The summed E-state index contributed by atoms with van der Waals surface area (Å²) >= 11 is 0. The van der Waals surface area contributed by atoms with Crippen molar-refractivity contribution in [3.63, 3.8) is 0 Å². The van der Waals surface area contributed by atoms with Crippen molar-refractivity contribution in [2.24, 2.45) is 11.3 Å². The second kappa shape index (κ2) is 3.44. The van der Waals surface area contributed by atoms with Crippen LogP contribution in [0, 0.1) is 11.3 Å². The number of rotatable bonds is 2. The van der Waals surface area contributed by atoms with E-state index in [0.717, 1.165) is 19.5 Å². The van der Waals surface area contributed by atoms with Gasteiger partial charge in [-0.15, -0.1) is 0 Å². The van der Waals surface area contributed by atoms with E-state index >= 15 is 0 Å². The normalized spacial score (nSPS) is 28.3. The minimum Gasteiger partial charge on any atom is -0.481 e. The van der Waals surface area contributed by atoms with Gasteiger partial charge in [0.2, 0.25) is 0 Å². The van der Waals surface area contributed by atoms with Gasteiger partial charge in [-0.2, -0.15) is 0 Å². The number of carboxylic acids is 1. The smallest absolute Gasteiger partial charge is 0.303 e. The summed E-state index contributed by atoms with van der Waals surface area (Å²) in [5, 5.41) is 12.0. The van der Waals surface area contributed by atoms with Gasteiger partial charge in [0, 0.05) is 13.0 Å². The molecule has 1 heterocycles. The van der Waals surface area contributed by atoms with Crippen molar-refractivity contribution in [1.82, 2.24) is 5.32 Å². The summed E-state index contributed by atoms with van der Waals surface area (Å²) in [5.41, 5.74) is 0.136. The molecule has 70 valence electrons. The third kappa shape index (κ3) is 2.21. The largest absolute Gasteiger partial charge is 0.481 e. The average Bonchev–Trinajstić information content (AvgIpc) is 1.92. The number of carboxylic acid groups (broad SMARTS) is 1. The zero-order valence-corrected chi connectivity index (χ0v) is 7.76. The molecular formula is C9H17NO2. The molecular weight excluding hydrogens is 154 g/mol. The van der Waals surface area contributed by atoms with Crippen LogP contribution in [0.3, 0.4) is 0 Å². The quantitative estimate of drug-likeness (QED) is 0.654. The van der Waals surface area contributed by atoms with Crippen LogP contribution in [0.25, 0.3) is 0 Å². The number of carbonyl (C=O) groups is 1. The Labute approximate surface area is 73.2 Å². The minimum absolute atomic E-state index is 0.136. The van der Waals surface area contributed by atoms with Crippen LogP contribution in [0.15, 0.2) is 0 Å². The SMILES string of the molecule is CC1(C)CNCC[C@H]1CC(=O)O. The van der Waals surface area contributed by atoms with Crippen molar-refractivity contribution in [1.29, 1.82) is 0 Å². The van der Waals surface area contributed by atoms with Gasteiger partial charge in [0.15, 0.2) is 0 Å². The van der Waals surface area contributed by atoms with Crippen LogP contribution in [0.1, 0.15) is 26.7 Å². The lowest BCUT2D eigenvalue weighted by molar-refractivity contribution is -0.139. The molecule has 0 bridgehead atoms. The zero-order valence-electron chi connectivity index (χ0n) is 7.76. The molecule has 0 amide bonds. The van der Waals surface area contributed by atoms with E-state index in [1.165, 1.54) is 0 Å². The van der Waals surface area contributed by atoms with Gasteiger partial charge in [0.05, 0.1) is 0 Å². The van der Waals surface area contributed by atoms with Crippen LogP contribution in [-0.4, -0.2) is 24.2 Å². The fourth-order valence-electron chi connectivity index (χ4n) is 1.81. The molecule has 3 nitrogen and oxygen atoms in total. The first-order valence-corrected chi connectivity index (χ1v) is 4.45. The van der Waals surface area contributed by atoms with Crippen molar-refractivity contribution >= 4 is 5.97 Å². The number of hydrogen-bond donors (Lipinski definition) is 2. The topological polar surface area (TPSA) is 49.3 Å². The average molecular weight is 171 g/mol. The molecule has 0 aromatic heterocycles. The van der Waals surface area contributed by atoms with Gasteiger partial charge in [-0.3, -0.25) is 4.79 Å². The highest BCUT2D eigenvalue weighted by Crippen LogP contribution is 2.33. The summed E-state index contributed by atoms with van der Waals surface area (Å²) < 4.78 is 0. The molecule has 1 saturated heterocycles. The second-order valence-corrected chi connectivity index (χ2v) is 4.25. The van der Waals surface area contributed by atoms with Crippen LogP contribution >= 0.6 is 0 Å². The van der Waals surface area contributed by atoms with E-state index in [4.69, 9.17) is 5.11 Å². The molecule has 0 spiro atoms. The molecule has 12 heavy (non-hydrogen) atoms. The molecule has 0 aromatic rings. The highest BCUT2D eigenvalue weighted by atomic mass is 16.4. The summed E-state index contributed by atoms with van der Waals surface area (Å²) in [6, 6.07) is 0. The lowest BCUT2D eigenvalue weighted by Crippen LogP contribution is -2.43. The third-order valence-corrected chi connectivity index (χ3v) is 2.78. The van der Waals surface area contributed by atoms with Gasteiger partial charge < -0.3 is 10.4 Å². The monoisotopic (exact) mass is 171 g/mol. The van der Waals surface area contributed by atoms with E-state index in [1.54, 1.807) is 0 Å². The Kier molecular flexibility index (Phi) is 2.73. The maximum absolute atomic E-state index is 10.5. The predicted octanol–water partition coefficient (Wildman–Crippen LogP) is 1.10. The molecule has 3 heteroatoms. The standard InChI is InChI=1S/C9H17NO2/c1-9(2)6-10-4-3-7(9)5-8(11)12/h7,10H,3-6H2,1-2H3,(H,11,12)/t7-/m0/s1. The maximum atomic E-state index is 10.5. The Bertz CT molecular complexity index is 177. The Morgan fingerprint density at radius 2 is 2.33 bits per heavy atom. The van der Waals surface area contributed by atoms with Gasteiger partial charge in [-0.25, -0.2) is 0 Å². The molecule has 0 radical (unpaired) electrons. The first-order valence-electron chi connectivity index (χ1n) is 4.45. The Morgan fingerprint density at radius 3 is 2.83 bits per heavy atom. The third-order valence-electron chi connectivity index (χ3n) is 2.78.